The average molecular weight is 424 g/mol. The number of sulfone groups is 1. The molecule has 0 bridgehead atoms. The summed E-state index contributed by atoms with van der Waals surface area (Å²) in [6, 6.07) is 3.82. The Morgan fingerprint density at radius 3 is 2.89 bits per heavy atom. The van der Waals surface area contributed by atoms with Gasteiger partial charge < -0.3 is 5.32 Å². The van der Waals surface area contributed by atoms with Crippen molar-refractivity contribution < 1.29 is 13.2 Å². The quantitative estimate of drug-likeness (QED) is 0.587. The highest BCUT2D eigenvalue weighted by atomic mass is 32.2. The molecule has 2 aromatic rings. The third-order valence-electron chi connectivity index (χ3n) is 4.85. The van der Waals surface area contributed by atoms with Crippen LogP contribution in [0.4, 0.5) is 0 Å². The van der Waals surface area contributed by atoms with Crippen LogP contribution in [0.5, 0.6) is 0 Å². The van der Waals surface area contributed by atoms with Gasteiger partial charge >= 0.3 is 0 Å². The van der Waals surface area contributed by atoms with Crippen molar-refractivity contribution in [1.82, 2.24) is 15.3 Å². The number of hydrogen-bond donors (Lipinski definition) is 1. The lowest BCUT2D eigenvalue weighted by Crippen LogP contribution is -2.36. The molecule has 3 heterocycles. The van der Waals surface area contributed by atoms with Gasteiger partial charge in [-0.15, -0.1) is 11.3 Å². The molecule has 144 valence electrons. The maximum atomic E-state index is 12.2. The summed E-state index contributed by atoms with van der Waals surface area (Å²) in [5, 5.41) is 5.48. The van der Waals surface area contributed by atoms with Crippen molar-refractivity contribution >= 4 is 38.8 Å². The SMILES string of the molecule is O=C(CSc1nc2c(c(-c3cccs3)n1)CCCC2)N[C@@H]1CCS(=O)(=O)C1. The summed E-state index contributed by atoms with van der Waals surface area (Å²) < 4.78 is 23.0. The number of rotatable bonds is 5. The molecule has 6 nitrogen and oxygen atoms in total. The first-order valence-corrected chi connectivity index (χ1v) is 12.7. The van der Waals surface area contributed by atoms with E-state index in [0.717, 1.165) is 41.9 Å². The number of carbonyl (C=O) groups is 1. The Morgan fingerprint density at radius 2 is 2.15 bits per heavy atom. The van der Waals surface area contributed by atoms with Crippen LogP contribution in [0.25, 0.3) is 10.6 Å². The van der Waals surface area contributed by atoms with Gasteiger partial charge in [0.25, 0.3) is 0 Å². The fourth-order valence-electron chi connectivity index (χ4n) is 3.56. The van der Waals surface area contributed by atoms with E-state index in [1.54, 1.807) is 11.3 Å². The number of carbonyl (C=O) groups excluding carboxylic acids is 1. The van der Waals surface area contributed by atoms with Crippen LogP contribution in [0.2, 0.25) is 0 Å². The first kappa shape index (κ1) is 18.9. The van der Waals surface area contributed by atoms with Crippen molar-refractivity contribution in [2.24, 2.45) is 0 Å². The highest BCUT2D eigenvalue weighted by Gasteiger charge is 2.29. The number of nitrogens with zero attached hydrogens (tertiary/aromatic N) is 2. The first-order chi connectivity index (χ1) is 13.0. The molecule has 9 heteroatoms. The molecular formula is C18H21N3O3S3. The summed E-state index contributed by atoms with van der Waals surface area (Å²) >= 11 is 2.98. The molecule has 0 unspecified atom stereocenters. The molecule has 0 saturated carbocycles. The molecule has 1 saturated heterocycles. The Morgan fingerprint density at radius 1 is 1.30 bits per heavy atom. The lowest BCUT2D eigenvalue weighted by atomic mass is 9.94. The third kappa shape index (κ3) is 4.52. The van der Waals surface area contributed by atoms with Gasteiger partial charge in [0, 0.05) is 17.3 Å². The molecule has 27 heavy (non-hydrogen) atoms. The predicted molar refractivity (Wildman–Crippen MR) is 108 cm³/mol. The Labute approximate surface area is 167 Å². The fraction of sp³-hybridized carbons (Fsp3) is 0.500. The average Bonchev–Trinajstić information content (AvgIpc) is 3.29. The molecule has 4 rings (SSSR count). The molecule has 2 aromatic heterocycles. The van der Waals surface area contributed by atoms with Gasteiger partial charge in [0.2, 0.25) is 5.91 Å². The van der Waals surface area contributed by atoms with E-state index in [9.17, 15) is 13.2 Å². The number of hydrogen-bond acceptors (Lipinski definition) is 7. The van der Waals surface area contributed by atoms with Gasteiger partial charge in [-0.1, -0.05) is 17.8 Å². The number of amides is 1. The van der Waals surface area contributed by atoms with Crippen LogP contribution in [0.1, 0.15) is 30.5 Å². The van der Waals surface area contributed by atoms with Crippen LogP contribution < -0.4 is 5.32 Å². The van der Waals surface area contributed by atoms with Crippen molar-refractivity contribution in [3.8, 4) is 10.6 Å². The fourth-order valence-corrected chi connectivity index (χ4v) is 6.65. The summed E-state index contributed by atoms with van der Waals surface area (Å²) in [5.41, 5.74) is 3.35. The van der Waals surface area contributed by atoms with Crippen molar-refractivity contribution in [3.05, 3.63) is 28.8 Å². The Kier molecular flexibility index (Phi) is 5.52. The standard InChI is InChI=1S/C18H21N3O3S3/c22-16(19-12-7-9-27(23,24)11-12)10-26-18-20-14-5-2-1-4-13(14)17(21-18)15-6-3-8-25-15/h3,6,8,12H,1-2,4-5,7,9-11H2,(H,19,22)/t12-/m1/s1. The molecule has 0 aromatic carbocycles. The van der Waals surface area contributed by atoms with Crippen LogP contribution in [-0.2, 0) is 27.5 Å². The van der Waals surface area contributed by atoms with Gasteiger partial charge in [-0.05, 0) is 43.6 Å². The Hall–Kier alpha value is -1.45. The van der Waals surface area contributed by atoms with Crippen molar-refractivity contribution in [1.29, 1.82) is 0 Å². The molecule has 1 aliphatic carbocycles. The van der Waals surface area contributed by atoms with Crippen LogP contribution in [-0.4, -0.2) is 47.6 Å². The molecule has 1 fully saturated rings. The summed E-state index contributed by atoms with van der Waals surface area (Å²) in [7, 11) is -2.99. The van der Waals surface area contributed by atoms with E-state index in [0.29, 0.717) is 11.6 Å². The lowest BCUT2D eigenvalue weighted by Gasteiger charge is -2.18. The minimum atomic E-state index is -2.99. The normalized spacial score (nSPS) is 21.0. The summed E-state index contributed by atoms with van der Waals surface area (Å²) in [5.74, 6) is 0.227. The number of thiophene rings is 1. The van der Waals surface area contributed by atoms with E-state index in [-0.39, 0.29) is 29.2 Å². The number of fused-ring (bicyclic) bond motifs is 1. The zero-order valence-corrected chi connectivity index (χ0v) is 17.3. The van der Waals surface area contributed by atoms with E-state index in [1.165, 1.54) is 17.3 Å². The van der Waals surface area contributed by atoms with Crippen LogP contribution >= 0.6 is 23.1 Å². The van der Waals surface area contributed by atoms with E-state index >= 15 is 0 Å². The Bertz CT molecular complexity index is 942. The maximum absolute atomic E-state index is 12.2. The molecule has 2 aliphatic rings. The van der Waals surface area contributed by atoms with Gasteiger partial charge in [0.1, 0.15) is 0 Å². The minimum Gasteiger partial charge on any atom is -0.352 e. The summed E-state index contributed by atoms with van der Waals surface area (Å²) in [6.07, 6.45) is 4.75. The number of thioether (sulfide) groups is 1. The number of aromatic nitrogens is 2. The van der Waals surface area contributed by atoms with Crippen LogP contribution in [0, 0.1) is 0 Å². The predicted octanol–water partition coefficient (Wildman–Crippen LogP) is 2.48. The van der Waals surface area contributed by atoms with E-state index in [2.05, 4.69) is 11.4 Å². The molecule has 0 spiro atoms. The molecular weight excluding hydrogens is 402 g/mol. The third-order valence-corrected chi connectivity index (χ3v) is 8.34. The zero-order chi connectivity index (χ0) is 18.9. The van der Waals surface area contributed by atoms with E-state index < -0.39 is 9.84 Å². The summed E-state index contributed by atoms with van der Waals surface area (Å²) in [6.45, 7) is 0. The van der Waals surface area contributed by atoms with Crippen molar-refractivity contribution in [2.45, 2.75) is 43.3 Å². The largest absolute Gasteiger partial charge is 0.352 e. The van der Waals surface area contributed by atoms with Crippen LogP contribution in [0.3, 0.4) is 0 Å². The zero-order valence-electron chi connectivity index (χ0n) is 14.8. The molecule has 1 aliphatic heterocycles. The molecule has 1 N–H and O–H groups in total. The monoisotopic (exact) mass is 423 g/mol. The summed E-state index contributed by atoms with van der Waals surface area (Å²) in [4.78, 5) is 22.8. The van der Waals surface area contributed by atoms with Gasteiger partial charge in [0.05, 0.1) is 27.8 Å². The van der Waals surface area contributed by atoms with E-state index in [1.807, 2.05) is 11.4 Å². The molecule has 0 radical (unpaired) electrons. The maximum Gasteiger partial charge on any atom is 0.230 e. The van der Waals surface area contributed by atoms with Crippen molar-refractivity contribution in [2.75, 3.05) is 17.3 Å². The van der Waals surface area contributed by atoms with Gasteiger partial charge in [-0.3, -0.25) is 4.79 Å². The Balaban J connectivity index is 1.46. The van der Waals surface area contributed by atoms with Crippen molar-refractivity contribution in [3.63, 3.8) is 0 Å². The van der Waals surface area contributed by atoms with Gasteiger partial charge in [-0.25, -0.2) is 18.4 Å². The second kappa shape index (κ2) is 7.89. The topological polar surface area (TPSA) is 89.0 Å². The smallest absolute Gasteiger partial charge is 0.230 e. The highest BCUT2D eigenvalue weighted by molar-refractivity contribution is 7.99. The second-order valence-corrected chi connectivity index (χ2v) is 11.0. The first-order valence-electron chi connectivity index (χ1n) is 9.06. The number of aryl methyl sites for hydroxylation is 1. The van der Waals surface area contributed by atoms with Gasteiger partial charge in [0.15, 0.2) is 15.0 Å². The van der Waals surface area contributed by atoms with Gasteiger partial charge in [-0.2, -0.15) is 0 Å². The van der Waals surface area contributed by atoms with E-state index in [4.69, 9.17) is 9.97 Å². The second-order valence-electron chi connectivity index (χ2n) is 6.92. The minimum absolute atomic E-state index is 0.0429. The van der Waals surface area contributed by atoms with Crippen LogP contribution in [0.15, 0.2) is 22.7 Å². The molecule has 1 atom stereocenters. The highest BCUT2D eigenvalue weighted by Crippen LogP contribution is 2.33. The molecule has 1 amide bonds. The lowest BCUT2D eigenvalue weighted by molar-refractivity contribution is -0.119. The number of nitrogens with one attached hydrogen (secondary N) is 1.